The van der Waals surface area contributed by atoms with Crippen LogP contribution in [0.4, 0.5) is 5.69 Å². The van der Waals surface area contributed by atoms with Gasteiger partial charge >= 0.3 is 0 Å². The van der Waals surface area contributed by atoms with E-state index in [1.165, 1.54) is 0 Å². The van der Waals surface area contributed by atoms with Gasteiger partial charge in [-0.25, -0.2) is 0 Å². The Bertz CT molecular complexity index is 454. The summed E-state index contributed by atoms with van der Waals surface area (Å²) >= 11 is 0. The van der Waals surface area contributed by atoms with Crippen molar-refractivity contribution in [1.29, 1.82) is 0 Å². The number of para-hydroxylation sites is 2. The average molecular weight is 276 g/mol. The van der Waals surface area contributed by atoms with Crippen LogP contribution in [0.15, 0.2) is 24.3 Å². The molecule has 0 spiro atoms. The number of ether oxygens (including phenoxy) is 1. The van der Waals surface area contributed by atoms with Crippen LogP contribution in [0.2, 0.25) is 0 Å². The van der Waals surface area contributed by atoms with E-state index in [0.29, 0.717) is 24.6 Å². The van der Waals surface area contributed by atoms with E-state index in [0.717, 1.165) is 32.1 Å². The zero-order valence-electron chi connectivity index (χ0n) is 12.2. The number of nitrogen functional groups attached to an aromatic ring is 1. The number of rotatable bonds is 6. The van der Waals surface area contributed by atoms with Crippen LogP contribution in [0.3, 0.4) is 0 Å². The highest BCUT2D eigenvalue weighted by atomic mass is 16.5. The fourth-order valence-electron chi connectivity index (χ4n) is 2.92. The Morgan fingerprint density at radius 1 is 1.35 bits per heavy atom. The topological polar surface area (TPSA) is 64.3 Å². The number of carbonyl (C=O) groups excluding carboxylic acids is 1. The normalized spacial score (nSPS) is 16.9. The highest BCUT2D eigenvalue weighted by molar-refractivity contribution is 5.82. The maximum Gasteiger partial charge on any atom is 0.226 e. The van der Waals surface area contributed by atoms with Crippen LogP contribution < -0.4 is 15.8 Å². The summed E-state index contributed by atoms with van der Waals surface area (Å²) in [5.74, 6) is 0.856. The molecular formula is C16H24N2O2. The van der Waals surface area contributed by atoms with Crippen molar-refractivity contribution in [3.8, 4) is 5.75 Å². The quantitative estimate of drug-likeness (QED) is 0.620. The van der Waals surface area contributed by atoms with Gasteiger partial charge in [-0.1, -0.05) is 31.9 Å². The van der Waals surface area contributed by atoms with Crippen molar-refractivity contribution in [1.82, 2.24) is 5.32 Å². The van der Waals surface area contributed by atoms with E-state index in [1.54, 1.807) is 6.07 Å². The van der Waals surface area contributed by atoms with Gasteiger partial charge in [0.05, 0.1) is 12.2 Å². The van der Waals surface area contributed by atoms with Crippen LogP contribution in [0.1, 0.15) is 39.0 Å². The maximum atomic E-state index is 12.3. The predicted octanol–water partition coefficient (Wildman–Crippen LogP) is 2.73. The van der Waals surface area contributed by atoms with Gasteiger partial charge < -0.3 is 15.8 Å². The number of hydrogen-bond acceptors (Lipinski definition) is 3. The van der Waals surface area contributed by atoms with E-state index in [-0.39, 0.29) is 11.3 Å². The van der Waals surface area contributed by atoms with Gasteiger partial charge in [0.15, 0.2) is 0 Å². The first-order chi connectivity index (χ1) is 9.68. The molecule has 0 aliphatic heterocycles. The summed E-state index contributed by atoms with van der Waals surface area (Å²) in [6, 6.07) is 7.39. The number of nitrogens with two attached hydrogens (primary N) is 1. The third-order valence-corrected chi connectivity index (χ3v) is 4.28. The van der Waals surface area contributed by atoms with E-state index >= 15 is 0 Å². The lowest BCUT2D eigenvalue weighted by molar-refractivity contribution is -0.131. The van der Waals surface area contributed by atoms with Crippen molar-refractivity contribution < 1.29 is 9.53 Å². The molecule has 1 saturated carbocycles. The van der Waals surface area contributed by atoms with E-state index in [1.807, 2.05) is 18.2 Å². The van der Waals surface area contributed by atoms with Gasteiger partial charge in [-0.3, -0.25) is 4.79 Å². The molecule has 0 radical (unpaired) electrons. The third kappa shape index (κ3) is 3.24. The zero-order chi connectivity index (χ0) is 14.4. The Hall–Kier alpha value is -1.71. The second-order valence-electron chi connectivity index (χ2n) is 5.48. The molecule has 3 N–H and O–H groups in total. The third-order valence-electron chi connectivity index (χ3n) is 4.28. The van der Waals surface area contributed by atoms with Crippen molar-refractivity contribution in [3.05, 3.63) is 24.3 Å². The minimum atomic E-state index is -0.133. The van der Waals surface area contributed by atoms with E-state index in [4.69, 9.17) is 10.5 Å². The van der Waals surface area contributed by atoms with Crippen molar-refractivity contribution in [2.45, 2.75) is 39.0 Å². The molecule has 1 aromatic carbocycles. The molecule has 110 valence electrons. The maximum absolute atomic E-state index is 12.3. The molecule has 1 amide bonds. The van der Waals surface area contributed by atoms with E-state index in [9.17, 15) is 4.79 Å². The minimum absolute atomic E-state index is 0.133. The number of carbonyl (C=O) groups is 1. The summed E-state index contributed by atoms with van der Waals surface area (Å²) in [4.78, 5) is 12.3. The molecule has 0 aromatic heterocycles. The number of nitrogens with one attached hydrogen (secondary N) is 1. The monoisotopic (exact) mass is 276 g/mol. The van der Waals surface area contributed by atoms with Gasteiger partial charge in [0.2, 0.25) is 5.91 Å². The summed E-state index contributed by atoms with van der Waals surface area (Å²) in [6.07, 6.45) is 5.28. The van der Waals surface area contributed by atoms with Crippen molar-refractivity contribution >= 4 is 11.6 Å². The van der Waals surface area contributed by atoms with Gasteiger partial charge in [-0.2, -0.15) is 0 Å². The molecule has 4 nitrogen and oxygen atoms in total. The largest absolute Gasteiger partial charge is 0.490 e. The molecule has 0 saturated heterocycles. The SMILES string of the molecule is CCC1(C(=O)NCCOc2ccccc2N)CCCC1. The summed E-state index contributed by atoms with van der Waals surface area (Å²) in [5, 5.41) is 3.00. The average Bonchev–Trinajstić information content (AvgIpc) is 2.95. The van der Waals surface area contributed by atoms with Crippen LogP contribution in [0, 0.1) is 5.41 Å². The van der Waals surface area contributed by atoms with Crippen LogP contribution in [-0.4, -0.2) is 19.1 Å². The molecular weight excluding hydrogens is 252 g/mol. The number of benzene rings is 1. The Balaban J connectivity index is 1.76. The molecule has 0 heterocycles. The van der Waals surface area contributed by atoms with E-state index in [2.05, 4.69) is 12.2 Å². The fourth-order valence-corrected chi connectivity index (χ4v) is 2.92. The zero-order valence-corrected chi connectivity index (χ0v) is 12.2. The first-order valence-electron chi connectivity index (χ1n) is 7.43. The molecule has 1 aliphatic carbocycles. The van der Waals surface area contributed by atoms with Crippen LogP contribution in [-0.2, 0) is 4.79 Å². The molecule has 0 unspecified atom stereocenters. The van der Waals surface area contributed by atoms with Crippen LogP contribution in [0.25, 0.3) is 0 Å². The molecule has 0 atom stereocenters. The first-order valence-corrected chi connectivity index (χ1v) is 7.43. The first kappa shape index (κ1) is 14.7. The smallest absolute Gasteiger partial charge is 0.226 e. The molecule has 2 rings (SSSR count). The minimum Gasteiger partial charge on any atom is -0.490 e. The fraction of sp³-hybridized carbons (Fsp3) is 0.562. The number of amides is 1. The number of hydrogen-bond donors (Lipinski definition) is 2. The predicted molar refractivity (Wildman–Crippen MR) is 80.6 cm³/mol. The lowest BCUT2D eigenvalue weighted by Gasteiger charge is -2.26. The van der Waals surface area contributed by atoms with Crippen molar-refractivity contribution in [2.75, 3.05) is 18.9 Å². The van der Waals surface area contributed by atoms with Gasteiger partial charge in [0.25, 0.3) is 0 Å². The molecule has 1 fully saturated rings. The van der Waals surface area contributed by atoms with Crippen LogP contribution >= 0.6 is 0 Å². The van der Waals surface area contributed by atoms with Gasteiger partial charge in [0.1, 0.15) is 12.4 Å². The van der Waals surface area contributed by atoms with E-state index < -0.39 is 0 Å². The Morgan fingerprint density at radius 2 is 2.05 bits per heavy atom. The second-order valence-corrected chi connectivity index (χ2v) is 5.48. The number of anilines is 1. The van der Waals surface area contributed by atoms with Gasteiger partial charge in [0, 0.05) is 5.41 Å². The van der Waals surface area contributed by atoms with Crippen molar-refractivity contribution in [3.63, 3.8) is 0 Å². The standard InChI is InChI=1S/C16H24N2O2/c1-2-16(9-5-6-10-16)15(19)18-11-12-20-14-8-4-3-7-13(14)17/h3-4,7-8H,2,5-6,9-12,17H2,1H3,(H,18,19). The Labute approximate surface area is 120 Å². The summed E-state index contributed by atoms with van der Waals surface area (Å²) in [5.41, 5.74) is 6.28. The molecule has 1 aliphatic rings. The van der Waals surface area contributed by atoms with Crippen LogP contribution in [0.5, 0.6) is 5.75 Å². The van der Waals surface area contributed by atoms with Gasteiger partial charge in [-0.05, 0) is 31.4 Å². The molecule has 4 heteroatoms. The lowest BCUT2D eigenvalue weighted by Crippen LogP contribution is -2.40. The highest BCUT2D eigenvalue weighted by Gasteiger charge is 2.38. The summed E-state index contributed by atoms with van der Waals surface area (Å²) < 4.78 is 5.58. The summed E-state index contributed by atoms with van der Waals surface area (Å²) in [7, 11) is 0. The van der Waals surface area contributed by atoms with Crippen molar-refractivity contribution in [2.24, 2.45) is 5.41 Å². The highest BCUT2D eigenvalue weighted by Crippen LogP contribution is 2.40. The molecule has 1 aromatic rings. The van der Waals surface area contributed by atoms with Gasteiger partial charge in [-0.15, -0.1) is 0 Å². The second kappa shape index (κ2) is 6.64. The lowest BCUT2D eigenvalue weighted by atomic mass is 9.82. The summed E-state index contributed by atoms with van der Waals surface area (Å²) in [6.45, 7) is 3.07. The molecule has 20 heavy (non-hydrogen) atoms. The Kier molecular flexibility index (Phi) is 4.88. The Morgan fingerprint density at radius 3 is 2.70 bits per heavy atom. The molecule has 0 bridgehead atoms.